The molecular weight excluding hydrogens is 260 g/mol. The highest BCUT2D eigenvalue weighted by atomic mass is 16.2. The van der Waals surface area contributed by atoms with Gasteiger partial charge in [0.05, 0.1) is 6.61 Å². The molecule has 1 aliphatic heterocycles. The minimum Gasteiger partial charge on any atom is -0.395 e. The van der Waals surface area contributed by atoms with E-state index < -0.39 is 0 Å². The van der Waals surface area contributed by atoms with Crippen molar-refractivity contribution in [3.8, 4) is 11.8 Å². The van der Waals surface area contributed by atoms with Gasteiger partial charge < -0.3 is 14.9 Å². The van der Waals surface area contributed by atoms with Crippen LogP contribution < -0.4 is 0 Å². The minimum absolute atomic E-state index is 0.130. The van der Waals surface area contributed by atoms with Crippen molar-refractivity contribution in [1.29, 1.82) is 0 Å². The van der Waals surface area contributed by atoms with E-state index in [2.05, 4.69) is 53.9 Å². The average molecular weight is 286 g/mol. The molecule has 1 heterocycles. The van der Waals surface area contributed by atoms with Crippen LogP contribution in [0.2, 0.25) is 0 Å². The van der Waals surface area contributed by atoms with Crippen LogP contribution in [0.3, 0.4) is 0 Å². The van der Waals surface area contributed by atoms with Crippen LogP contribution in [0.4, 0.5) is 0 Å². The largest absolute Gasteiger partial charge is 0.395 e. The molecule has 1 N–H and O–H groups in total. The van der Waals surface area contributed by atoms with Crippen LogP contribution in [0.25, 0.3) is 0 Å². The van der Waals surface area contributed by atoms with Gasteiger partial charge in [-0.05, 0) is 50.7 Å². The van der Waals surface area contributed by atoms with Crippen molar-refractivity contribution in [1.82, 2.24) is 9.80 Å². The zero-order chi connectivity index (χ0) is 15.1. The van der Waals surface area contributed by atoms with Crippen LogP contribution in [0.15, 0.2) is 24.3 Å². The third-order valence-electron chi connectivity index (χ3n) is 3.91. The Bertz CT molecular complexity index is 503. The minimum atomic E-state index is 0.130. The Hall–Kier alpha value is -1.34. The normalized spacial score (nSPS) is 18.8. The molecule has 21 heavy (non-hydrogen) atoms. The van der Waals surface area contributed by atoms with Crippen molar-refractivity contribution in [2.24, 2.45) is 5.92 Å². The molecule has 114 valence electrons. The summed E-state index contributed by atoms with van der Waals surface area (Å²) in [7, 11) is 4.40. The second kappa shape index (κ2) is 8.19. The molecule has 1 saturated heterocycles. The smallest absolute Gasteiger partial charge is 0.0540 e. The van der Waals surface area contributed by atoms with Gasteiger partial charge in [-0.1, -0.05) is 24.0 Å². The van der Waals surface area contributed by atoms with Crippen LogP contribution in [-0.4, -0.2) is 55.2 Å². The Morgan fingerprint density at radius 2 is 2.29 bits per heavy atom. The summed E-state index contributed by atoms with van der Waals surface area (Å²) >= 11 is 0. The Morgan fingerprint density at radius 1 is 1.43 bits per heavy atom. The van der Waals surface area contributed by atoms with Gasteiger partial charge in [0, 0.05) is 31.6 Å². The molecule has 0 bridgehead atoms. The number of hydrogen-bond donors (Lipinski definition) is 1. The number of benzene rings is 1. The van der Waals surface area contributed by atoms with Gasteiger partial charge in [0.15, 0.2) is 0 Å². The fourth-order valence-corrected chi connectivity index (χ4v) is 2.96. The van der Waals surface area contributed by atoms with E-state index in [1.807, 2.05) is 6.07 Å². The van der Waals surface area contributed by atoms with Gasteiger partial charge in [0.1, 0.15) is 0 Å². The van der Waals surface area contributed by atoms with Gasteiger partial charge in [-0.25, -0.2) is 0 Å². The highest BCUT2D eigenvalue weighted by Crippen LogP contribution is 2.16. The number of nitrogens with zero attached hydrogens (tertiary/aromatic N) is 2. The first-order chi connectivity index (χ1) is 10.2. The Labute approximate surface area is 128 Å². The molecule has 0 aliphatic carbocycles. The highest BCUT2D eigenvalue weighted by molar-refractivity contribution is 5.37. The summed E-state index contributed by atoms with van der Waals surface area (Å²) < 4.78 is 0. The molecule has 1 aromatic rings. The van der Waals surface area contributed by atoms with Crippen LogP contribution in [0.1, 0.15) is 24.0 Å². The zero-order valence-corrected chi connectivity index (χ0v) is 13.2. The lowest BCUT2D eigenvalue weighted by Crippen LogP contribution is -2.27. The van der Waals surface area contributed by atoms with E-state index in [0.717, 1.165) is 24.6 Å². The molecule has 3 heteroatoms. The van der Waals surface area contributed by atoms with Crippen LogP contribution in [0.5, 0.6) is 0 Å². The van der Waals surface area contributed by atoms with E-state index in [-0.39, 0.29) is 6.61 Å². The first-order valence-corrected chi connectivity index (χ1v) is 7.73. The molecule has 0 radical (unpaired) electrons. The molecule has 0 aromatic heterocycles. The molecule has 1 unspecified atom stereocenters. The van der Waals surface area contributed by atoms with Crippen LogP contribution in [0, 0.1) is 17.8 Å². The molecule has 0 saturated carbocycles. The molecule has 3 nitrogen and oxygen atoms in total. The van der Waals surface area contributed by atoms with Crippen molar-refractivity contribution in [2.45, 2.75) is 19.4 Å². The van der Waals surface area contributed by atoms with E-state index in [1.54, 1.807) is 0 Å². The predicted molar refractivity (Wildman–Crippen MR) is 87.0 cm³/mol. The van der Waals surface area contributed by atoms with Gasteiger partial charge in [-0.2, -0.15) is 0 Å². The Balaban J connectivity index is 1.87. The van der Waals surface area contributed by atoms with Crippen molar-refractivity contribution >= 4 is 0 Å². The monoisotopic (exact) mass is 286 g/mol. The fourth-order valence-electron chi connectivity index (χ4n) is 2.96. The van der Waals surface area contributed by atoms with E-state index in [9.17, 15) is 0 Å². The molecule has 1 atom stereocenters. The summed E-state index contributed by atoms with van der Waals surface area (Å²) in [6.45, 7) is 4.71. The van der Waals surface area contributed by atoms with E-state index in [1.165, 1.54) is 25.1 Å². The number of hydrogen-bond acceptors (Lipinski definition) is 3. The molecular formula is C18H26N2O. The van der Waals surface area contributed by atoms with E-state index in [0.29, 0.717) is 6.42 Å². The van der Waals surface area contributed by atoms with Gasteiger partial charge in [0.25, 0.3) is 0 Å². The molecule has 0 spiro atoms. The predicted octanol–water partition coefficient (Wildman–Crippen LogP) is 1.80. The van der Waals surface area contributed by atoms with Gasteiger partial charge in [-0.3, -0.25) is 0 Å². The number of rotatable bonds is 5. The summed E-state index contributed by atoms with van der Waals surface area (Å²) in [5.74, 6) is 6.88. The van der Waals surface area contributed by atoms with Crippen LogP contribution in [-0.2, 0) is 6.54 Å². The maximum atomic E-state index is 8.76. The Kier molecular flexibility index (Phi) is 6.25. The molecule has 0 amide bonds. The molecule has 1 fully saturated rings. The number of aliphatic hydroxyl groups excluding tert-OH is 1. The molecule has 1 aliphatic rings. The fraction of sp³-hybridized carbons (Fsp3) is 0.556. The van der Waals surface area contributed by atoms with Crippen molar-refractivity contribution in [3.05, 3.63) is 35.4 Å². The maximum Gasteiger partial charge on any atom is 0.0540 e. The lowest BCUT2D eigenvalue weighted by atomic mass is 10.1. The maximum absolute atomic E-state index is 8.76. The number of aliphatic hydroxyl groups is 1. The van der Waals surface area contributed by atoms with Crippen LogP contribution >= 0.6 is 0 Å². The summed E-state index contributed by atoms with van der Waals surface area (Å²) in [5.41, 5.74) is 2.34. The SMILES string of the molecule is CN1CCC(CN(C)Cc2cccc(C#CCCO)c2)C1. The summed E-state index contributed by atoms with van der Waals surface area (Å²) in [6, 6.07) is 8.41. The topological polar surface area (TPSA) is 26.7 Å². The second-order valence-corrected chi connectivity index (χ2v) is 6.09. The standard InChI is InChI=1S/C18H26N2O/c1-19-10-9-18(14-19)15-20(2)13-17-8-5-7-16(12-17)6-3-4-11-21/h5,7-8,12,18,21H,4,9-11,13-15H2,1-2H3. The van der Waals surface area contributed by atoms with E-state index >= 15 is 0 Å². The van der Waals surface area contributed by atoms with Crippen molar-refractivity contribution < 1.29 is 5.11 Å². The van der Waals surface area contributed by atoms with Crippen molar-refractivity contribution in [2.75, 3.05) is 40.3 Å². The van der Waals surface area contributed by atoms with Crippen molar-refractivity contribution in [3.63, 3.8) is 0 Å². The summed E-state index contributed by atoms with van der Waals surface area (Å²) in [5, 5.41) is 8.76. The van der Waals surface area contributed by atoms with Gasteiger partial charge in [-0.15, -0.1) is 0 Å². The second-order valence-electron chi connectivity index (χ2n) is 6.09. The van der Waals surface area contributed by atoms with E-state index in [4.69, 9.17) is 5.11 Å². The Morgan fingerprint density at radius 3 is 3.00 bits per heavy atom. The first kappa shape index (κ1) is 16.0. The quantitative estimate of drug-likeness (QED) is 0.836. The third-order valence-corrected chi connectivity index (χ3v) is 3.91. The summed E-state index contributed by atoms with van der Waals surface area (Å²) in [4.78, 5) is 4.82. The average Bonchev–Trinajstić information content (AvgIpc) is 2.84. The first-order valence-electron chi connectivity index (χ1n) is 7.73. The lowest BCUT2D eigenvalue weighted by Gasteiger charge is -2.21. The molecule has 1 aromatic carbocycles. The molecule has 2 rings (SSSR count). The zero-order valence-electron chi connectivity index (χ0n) is 13.2. The highest BCUT2D eigenvalue weighted by Gasteiger charge is 2.20. The van der Waals surface area contributed by atoms with Gasteiger partial charge in [0.2, 0.25) is 0 Å². The third kappa shape index (κ3) is 5.51. The van der Waals surface area contributed by atoms with Gasteiger partial charge >= 0.3 is 0 Å². The lowest BCUT2D eigenvalue weighted by molar-refractivity contribution is 0.267. The number of likely N-dealkylation sites (tertiary alicyclic amines) is 1. The summed E-state index contributed by atoms with van der Waals surface area (Å²) in [6.07, 6.45) is 1.85.